The number of nitrogens with zero attached hydrogens (tertiary/aromatic N) is 1. The molecule has 0 aliphatic carbocycles. The average molecular weight is 560 g/mol. The van der Waals surface area contributed by atoms with Crippen LogP contribution in [0.2, 0.25) is 18.1 Å². The molecule has 3 aromatic rings. The third-order valence-corrected chi connectivity index (χ3v) is 22.2. The molecule has 0 spiro atoms. The standard InChI is InChI=1S/C30H37GeNO3Si/c1-30(2,3)36(4,5)35-24-28(23-32-21-22-34-29(32)33)31(25-15-9-6-10-16-25,26-17-11-7-12-18-26)27-19-13-8-14-20-27/h6-20,23H,21-22,24H2,1-5H3/b28-23+. The van der Waals surface area contributed by atoms with E-state index in [1.807, 2.05) is 0 Å². The van der Waals surface area contributed by atoms with Crippen molar-refractivity contribution >= 4 is 40.9 Å². The first-order valence-corrected chi connectivity index (χ1v) is 19.7. The number of carbonyl (C=O) groups excluding carboxylic acids is 1. The Morgan fingerprint density at radius 3 is 1.69 bits per heavy atom. The summed E-state index contributed by atoms with van der Waals surface area (Å²) in [6, 6.07) is 32.5. The van der Waals surface area contributed by atoms with Crippen LogP contribution >= 0.6 is 0 Å². The van der Waals surface area contributed by atoms with E-state index >= 15 is 0 Å². The van der Waals surface area contributed by atoms with Gasteiger partial charge in [-0.15, -0.1) is 0 Å². The average Bonchev–Trinajstić information content (AvgIpc) is 3.28. The van der Waals surface area contributed by atoms with Gasteiger partial charge in [0, 0.05) is 0 Å². The monoisotopic (exact) mass is 561 g/mol. The van der Waals surface area contributed by atoms with Crippen LogP contribution < -0.4 is 13.2 Å². The number of cyclic esters (lactones) is 1. The molecule has 0 aromatic heterocycles. The topological polar surface area (TPSA) is 38.8 Å². The fourth-order valence-corrected chi connectivity index (χ4v) is 15.9. The zero-order valence-corrected chi connectivity index (χ0v) is 25.1. The number of ether oxygens (including phenoxy) is 1. The molecule has 6 heteroatoms. The summed E-state index contributed by atoms with van der Waals surface area (Å²) in [6.07, 6.45) is 1.78. The first-order chi connectivity index (χ1) is 17.2. The van der Waals surface area contributed by atoms with E-state index in [0.29, 0.717) is 19.8 Å². The predicted octanol–water partition coefficient (Wildman–Crippen LogP) is 5.05. The number of hydrogen-bond donors (Lipinski definition) is 0. The third-order valence-electron chi connectivity index (χ3n) is 7.60. The van der Waals surface area contributed by atoms with Crippen LogP contribution in [0.3, 0.4) is 0 Å². The van der Waals surface area contributed by atoms with Gasteiger partial charge in [0.2, 0.25) is 0 Å². The summed E-state index contributed by atoms with van der Waals surface area (Å²) in [5.41, 5.74) is 0. The first-order valence-electron chi connectivity index (χ1n) is 12.6. The van der Waals surface area contributed by atoms with E-state index in [-0.39, 0.29) is 11.1 Å². The Morgan fingerprint density at radius 2 is 1.33 bits per heavy atom. The van der Waals surface area contributed by atoms with Crippen LogP contribution in [0.15, 0.2) is 102 Å². The molecule has 0 saturated carbocycles. The molecule has 0 bridgehead atoms. The summed E-state index contributed by atoms with van der Waals surface area (Å²) in [5, 5.41) is 0.0760. The summed E-state index contributed by atoms with van der Waals surface area (Å²) in [7, 11) is -2.07. The summed E-state index contributed by atoms with van der Waals surface area (Å²) >= 11 is -3.55. The van der Waals surface area contributed by atoms with Crippen molar-refractivity contribution in [1.82, 2.24) is 4.90 Å². The minimum atomic E-state index is -3.55. The Labute approximate surface area is 219 Å². The molecule has 1 aliphatic heterocycles. The Bertz CT molecular complexity index is 1090. The fraction of sp³-hybridized carbons (Fsp3) is 0.300. The maximum atomic E-state index is 12.7. The number of carbonyl (C=O) groups is 1. The fourth-order valence-electron chi connectivity index (χ4n) is 4.55. The second-order valence-electron chi connectivity index (χ2n) is 10.9. The molecule has 0 atom stereocenters. The van der Waals surface area contributed by atoms with Crippen molar-refractivity contribution in [3.8, 4) is 0 Å². The van der Waals surface area contributed by atoms with Crippen LogP contribution in [0.25, 0.3) is 0 Å². The molecule has 0 N–H and O–H groups in total. The van der Waals surface area contributed by atoms with Gasteiger partial charge in [0.15, 0.2) is 0 Å². The first kappa shape index (κ1) is 26.5. The summed E-state index contributed by atoms with van der Waals surface area (Å²) in [5.74, 6) is 0. The number of hydrogen-bond acceptors (Lipinski definition) is 3. The third kappa shape index (κ3) is 5.24. The quantitative estimate of drug-likeness (QED) is 0.362. The molecule has 3 aromatic carbocycles. The Morgan fingerprint density at radius 1 is 0.889 bits per heavy atom. The molecule has 1 fully saturated rings. The predicted molar refractivity (Wildman–Crippen MR) is 153 cm³/mol. The van der Waals surface area contributed by atoms with E-state index in [0.717, 1.165) is 0 Å². The van der Waals surface area contributed by atoms with E-state index in [1.165, 1.54) is 17.6 Å². The number of benzene rings is 3. The van der Waals surface area contributed by atoms with Gasteiger partial charge in [-0.25, -0.2) is 0 Å². The van der Waals surface area contributed by atoms with Gasteiger partial charge in [0.1, 0.15) is 0 Å². The molecular formula is C30H37GeNO3Si. The van der Waals surface area contributed by atoms with Crippen molar-refractivity contribution in [1.29, 1.82) is 0 Å². The van der Waals surface area contributed by atoms with Crippen LogP contribution in [0.5, 0.6) is 0 Å². The van der Waals surface area contributed by atoms with Gasteiger partial charge in [-0.3, -0.25) is 0 Å². The molecule has 1 aliphatic rings. The van der Waals surface area contributed by atoms with Gasteiger partial charge < -0.3 is 0 Å². The van der Waals surface area contributed by atoms with Crippen LogP contribution in [0, 0.1) is 0 Å². The van der Waals surface area contributed by atoms with Crippen LogP contribution in [0.1, 0.15) is 20.8 Å². The minimum absolute atomic E-state index is 0.0760. The van der Waals surface area contributed by atoms with Crippen molar-refractivity contribution in [2.45, 2.75) is 38.9 Å². The van der Waals surface area contributed by atoms with Gasteiger partial charge in [0.25, 0.3) is 0 Å². The van der Waals surface area contributed by atoms with Gasteiger partial charge in [-0.2, -0.15) is 0 Å². The van der Waals surface area contributed by atoms with Crippen molar-refractivity contribution in [2.24, 2.45) is 0 Å². The Kier molecular flexibility index (Phi) is 7.93. The number of rotatable bonds is 8. The maximum absolute atomic E-state index is 12.7. The Balaban J connectivity index is 2.01. The molecule has 1 heterocycles. The van der Waals surface area contributed by atoms with E-state index in [9.17, 15) is 4.79 Å². The molecule has 36 heavy (non-hydrogen) atoms. The van der Waals surface area contributed by atoms with Gasteiger partial charge in [-0.1, -0.05) is 0 Å². The SMILES string of the molecule is CC(C)(C)[Si](C)(C)OC/[C](=C\N1CCOC1=O)[Ge]([c]1ccccc1)([c]1ccccc1)[c]1ccccc1. The summed E-state index contributed by atoms with van der Waals surface area (Å²) in [6.45, 7) is 12.8. The van der Waals surface area contributed by atoms with Gasteiger partial charge in [-0.05, 0) is 0 Å². The van der Waals surface area contributed by atoms with Crippen LogP contribution in [0.4, 0.5) is 4.79 Å². The molecular weight excluding hydrogens is 523 g/mol. The summed E-state index contributed by atoms with van der Waals surface area (Å²) in [4.78, 5) is 14.4. The molecule has 1 saturated heterocycles. The normalized spacial score (nSPS) is 15.2. The van der Waals surface area contributed by atoms with Crippen molar-refractivity contribution in [3.63, 3.8) is 0 Å². The number of amides is 1. The van der Waals surface area contributed by atoms with Crippen molar-refractivity contribution < 1.29 is 14.0 Å². The zero-order valence-electron chi connectivity index (χ0n) is 22.0. The molecule has 188 valence electrons. The molecule has 4 nitrogen and oxygen atoms in total. The second kappa shape index (κ2) is 10.8. The van der Waals surface area contributed by atoms with E-state index in [2.05, 4.69) is 131 Å². The van der Waals surface area contributed by atoms with Crippen LogP contribution in [-0.4, -0.2) is 52.3 Å². The van der Waals surface area contributed by atoms with Crippen molar-refractivity contribution in [3.05, 3.63) is 102 Å². The summed E-state index contributed by atoms with van der Waals surface area (Å²) < 4.78 is 17.4. The Hall–Kier alpha value is -2.61. The van der Waals surface area contributed by atoms with E-state index in [1.54, 1.807) is 4.90 Å². The molecule has 1 amide bonds. The second-order valence-corrected chi connectivity index (χ2v) is 23.8. The molecule has 0 radical (unpaired) electrons. The van der Waals surface area contributed by atoms with Crippen molar-refractivity contribution in [2.75, 3.05) is 19.8 Å². The van der Waals surface area contributed by atoms with Gasteiger partial charge in [0.05, 0.1) is 0 Å². The zero-order chi connectivity index (χ0) is 25.8. The van der Waals surface area contributed by atoms with Crippen LogP contribution in [-0.2, 0) is 9.16 Å². The molecule has 0 unspecified atom stereocenters. The van der Waals surface area contributed by atoms with E-state index < -0.39 is 21.6 Å². The van der Waals surface area contributed by atoms with Gasteiger partial charge >= 0.3 is 220 Å². The van der Waals surface area contributed by atoms with E-state index in [4.69, 9.17) is 9.16 Å². The molecule has 4 rings (SSSR count).